The van der Waals surface area contributed by atoms with Gasteiger partial charge in [-0.05, 0) is 51.9 Å². The van der Waals surface area contributed by atoms with Crippen molar-refractivity contribution in [2.75, 3.05) is 31.6 Å². The van der Waals surface area contributed by atoms with Crippen LogP contribution in [0.1, 0.15) is 31.9 Å². The molecular weight excluding hydrogens is 284 g/mol. The predicted octanol–water partition coefficient (Wildman–Crippen LogP) is 2.52. The van der Waals surface area contributed by atoms with Gasteiger partial charge in [0.05, 0.1) is 10.7 Å². The van der Waals surface area contributed by atoms with Crippen molar-refractivity contribution in [3.05, 3.63) is 22.8 Å². The molecule has 2 fully saturated rings. The van der Waals surface area contributed by atoms with Crippen LogP contribution in [0.25, 0.3) is 0 Å². The first-order chi connectivity index (χ1) is 10.1. The zero-order chi connectivity index (χ0) is 14.8. The molecule has 0 bridgehead atoms. The highest BCUT2D eigenvalue weighted by Gasteiger charge is 2.23. The Hall–Kier alpha value is -0.840. The van der Waals surface area contributed by atoms with Crippen LogP contribution in [-0.2, 0) is 6.54 Å². The lowest BCUT2D eigenvalue weighted by atomic mass is 10.2. The van der Waals surface area contributed by atoms with Crippen molar-refractivity contribution in [1.82, 2.24) is 15.2 Å². The molecule has 0 aromatic carbocycles. The molecule has 1 aliphatic heterocycles. The van der Waals surface area contributed by atoms with Crippen molar-refractivity contribution < 1.29 is 0 Å². The molecule has 5 heteroatoms. The summed E-state index contributed by atoms with van der Waals surface area (Å²) in [5, 5.41) is 4.27. The van der Waals surface area contributed by atoms with E-state index in [0.717, 1.165) is 42.7 Å². The van der Waals surface area contributed by atoms with Gasteiger partial charge in [0.25, 0.3) is 0 Å². The zero-order valence-corrected chi connectivity index (χ0v) is 13.7. The van der Waals surface area contributed by atoms with Crippen LogP contribution in [0.2, 0.25) is 5.02 Å². The summed E-state index contributed by atoms with van der Waals surface area (Å²) in [6.07, 6.45) is 3.75. The summed E-state index contributed by atoms with van der Waals surface area (Å²) in [7, 11) is 2.19. The van der Waals surface area contributed by atoms with Crippen molar-refractivity contribution in [2.45, 2.75) is 44.8 Å². The number of hydrogen-bond donors (Lipinski definition) is 1. The molecule has 1 N–H and O–H groups in total. The maximum absolute atomic E-state index is 6.30. The molecule has 0 radical (unpaired) electrons. The summed E-state index contributed by atoms with van der Waals surface area (Å²) in [6.45, 7) is 6.36. The Morgan fingerprint density at radius 3 is 2.90 bits per heavy atom. The van der Waals surface area contributed by atoms with Crippen molar-refractivity contribution in [3.63, 3.8) is 0 Å². The number of anilines is 1. The summed E-state index contributed by atoms with van der Waals surface area (Å²) in [6, 6.07) is 5.22. The van der Waals surface area contributed by atoms with E-state index in [1.165, 1.54) is 19.3 Å². The summed E-state index contributed by atoms with van der Waals surface area (Å²) in [5.74, 6) is 1.06. The summed E-state index contributed by atoms with van der Waals surface area (Å²) in [5.41, 5.74) is 0.978. The van der Waals surface area contributed by atoms with Gasteiger partial charge in [0.15, 0.2) is 0 Å². The summed E-state index contributed by atoms with van der Waals surface area (Å²) < 4.78 is 0. The number of aromatic nitrogens is 1. The van der Waals surface area contributed by atoms with Gasteiger partial charge in [-0.3, -0.25) is 0 Å². The van der Waals surface area contributed by atoms with Gasteiger partial charge in [-0.15, -0.1) is 0 Å². The maximum Gasteiger partial charge on any atom is 0.129 e. The molecule has 1 atom stereocenters. The number of halogens is 1. The maximum atomic E-state index is 6.30. The number of nitrogens with zero attached hydrogens (tertiary/aromatic N) is 3. The molecule has 2 aliphatic rings. The van der Waals surface area contributed by atoms with Crippen molar-refractivity contribution in [3.8, 4) is 0 Å². The van der Waals surface area contributed by atoms with Crippen LogP contribution in [0.4, 0.5) is 5.82 Å². The highest BCUT2D eigenvalue weighted by molar-refractivity contribution is 6.31. The zero-order valence-electron chi connectivity index (χ0n) is 13.0. The van der Waals surface area contributed by atoms with Gasteiger partial charge >= 0.3 is 0 Å². The van der Waals surface area contributed by atoms with Crippen molar-refractivity contribution in [1.29, 1.82) is 0 Å². The Bertz CT molecular complexity index is 489. The molecule has 0 amide bonds. The van der Waals surface area contributed by atoms with Gasteiger partial charge in [-0.1, -0.05) is 11.6 Å². The standard InChI is InChI=1S/C16H25ClN4/c1-12-11-20(2)8-3-9-21(12)16-7-6-14(17)15(19-16)10-18-13-4-5-13/h6-7,12-13,18H,3-5,8-11H2,1-2H3. The molecule has 2 heterocycles. The van der Waals surface area contributed by atoms with Crippen LogP contribution in [0, 0.1) is 0 Å². The van der Waals surface area contributed by atoms with E-state index < -0.39 is 0 Å². The Morgan fingerprint density at radius 2 is 2.14 bits per heavy atom. The van der Waals surface area contributed by atoms with E-state index in [1.54, 1.807) is 0 Å². The second-order valence-electron chi connectivity index (χ2n) is 6.41. The van der Waals surface area contributed by atoms with Crippen LogP contribution < -0.4 is 10.2 Å². The van der Waals surface area contributed by atoms with Crippen molar-refractivity contribution in [2.24, 2.45) is 0 Å². The van der Waals surface area contributed by atoms with Crippen LogP contribution in [-0.4, -0.2) is 48.6 Å². The van der Waals surface area contributed by atoms with Gasteiger partial charge in [-0.2, -0.15) is 0 Å². The predicted molar refractivity (Wildman–Crippen MR) is 88.0 cm³/mol. The average molecular weight is 309 g/mol. The van der Waals surface area contributed by atoms with E-state index in [9.17, 15) is 0 Å². The average Bonchev–Trinajstić information content (AvgIpc) is 3.27. The molecule has 1 saturated heterocycles. The number of nitrogens with one attached hydrogen (secondary N) is 1. The molecule has 1 aliphatic carbocycles. The van der Waals surface area contributed by atoms with Gasteiger partial charge in [0.2, 0.25) is 0 Å². The molecule has 0 spiro atoms. The summed E-state index contributed by atoms with van der Waals surface area (Å²) >= 11 is 6.30. The SMILES string of the molecule is CC1CN(C)CCCN1c1ccc(Cl)c(CNC2CC2)n1. The lowest BCUT2D eigenvalue weighted by Crippen LogP contribution is -2.38. The third kappa shape index (κ3) is 3.87. The van der Waals surface area contributed by atoms with Crippen LogP contribution in [0.3, 0.4) is 0 Å². The quantitative estimate of drug-likeness (QED) is 0.926. The highest BCUT2D eigenvalue weighted by Crippen LogP contribution is 2.24. The fourth-order valence-corrected chi connectivity index (χ4v) is 3.17. The van der Waals surface area contributed by atoms with Gasteiger partial charge in [0.1, 0.15) is 5.82 Å². The number of likely N-dealkylation sites (N-methyl/N-ethyl adjacent to an activating group) is 1. The van der Waals surface area contributed by atoms with Crippen LogP contribution >= 0.6 is 11.6 Å². The van der Waals surface area contributed by atoms with E-state index in [1.807, 2.05) is 6.07 Å². The largest absolute Gasteiger partial charge is 0.353 e. The van der Waals surface area contributed by atoms with E-state index in [0.29, 0.717) is 12.1 Å². The minimum atomic E-state index is 0.482. The minimum Gasteiger partial charge on any atom is -0.353 e. The topological polar surface area (TPSA) is 31.4 Å². The fraction of sp³-hybridized carbons (Fsp3) is 0.688. The van der Waals surface area contributed by atoms with E-state index in [4.69, 9.17) is 16.6 Å². The molecule has 4 nitrogen and oxygen atoms in total. The molecule has 3 rings (SSSR count). The number of rotatable bonds is 4. The first-order valence-corrected chi connectivity index (χ1v) is 8.35. The third-order valence-electron chi connectivity index (χ3n) is 4.38. The van der Waals surface area contributed by atoms with Gasteiger partial charge in [-0.25, -0.2) is 4.98 Å². The monoisotopic (exact) mass is 308 g/mol. The second kappa shape index (κ2) is 6.51. The molecule has 1 unspecified atom stereocenters. The fourth-order valence-electron chi connectivity index (χ4n) is 3.00. The van der Waals surface area contributed by atoms with Gasteiger partial charge in [0, 0.05) is 31.7 Å². The number of hydrogen-bond acceptors (Lipinski definition) is 4. The molecule has 21 heavy (non-hydrogen) atoms. The Kier molecular flexibility index (Phi) is 4.67. The smallest absolute Gasteiger partial charge is 0.129 e. The van der Waals surface area contributed by atoms with Gasteiger partial charge < -0.3 is 15.1 Å². The molecule has 1 aromatic heterocycles. The Morgan fingerprint density at radius 1 is 1.33 bits per heavy atom. The third-order valence-corrected chi connectivity index (χ3v) is 4.72. The molecular formula is C16H25ClN4. The lowest BCUT2D eigenvalue weighted by molar-refractivity contribution is 0.337. The van der Waals surface area contributed by atoms with Crippen molar-refractivity contribution >= 4 is 17.4 Å². The first-order valence-electron chi connectivity index (χ1n) is 7.97. The molecule has 1 saturated carbocycles. The normalized spacial score (nSPS) is 24.1. The van der Waals surface area contributed by atoms with E-state index >= 15 is 0 Å². The first kappa shape index (κ1) is 15.1. The van der Waals surface area contributed by atoms with Crippen LogP contribution in [0.5, 0.6) is 0 Å². The molecule has 116 valence electrons. The van der Waals surface area contributed by atoms with E-state index in [-0.39, 0.29) is 0 Å². The van der Waals surface area contributed by atoms with Crippen LogP contribution in [0.15, 0.2) is 12.1 Å². The Labute approximate surface area is 132 Å². The number of pyridine rings is 1. The highest BCUT2D eigenvalue weighted by atomic mass is 35.5. The van der Waals surface area contributed by atoms with E-state index in [2.05, 4.69) is 35.2 Å². The lowest BCUT2D eigenvalue weighted by Gasteiger charge is -2.29. The summed E-state index contributed by atoms with van der Waals surface area (Å²) in [4.78, 5) is 9.64. The molecule has 1 aromatic rings. The minimum absolute atomic E-state index is 0.482. The Balaban J connectivity index is 1.75. The second-order valence-corrected chi connectivity index (χ2v) is 6.82.